The molecule has 112 valence electrons. The van der Waals surface area contributed by atoms with Crippen molar-refractivity contribution in [1.29, 1.82) is 0 Å². The molecule has 2 aromatic carbocycles. The minimum Gasteiger partial charge on any atom is -0.496 e. The van der Waals surface area contributed by atoms with Crippen molar-refractivity contribution in [2.45, 2.75) is 13.0 Å². The summed E-state index contributed by atoms with van der Waals surface area (Å²) in [4.78, 5) is 0. The standard InChI is InChI=1S/C16H16F3NO/c1-3-20-16(12-8-10(17)4-6-14(12)19)13-9-11(18)5-7-15(13)21-2/h4-9,16,20H,3H2,1-2H3. The third-order valence-electron chi connectivity index (χ3n) is 3.18. The zero-order valence-electron chi connectivity index (χ0n) is 11.8. The third-order valence-corrected chi connectivity index (χ3v) is 3.18. The topological polar surface area (TPSA) is 21.3 Å². The molecule has 21 heavy (non-hydrogen) atoms. The molecule has 1 N–H and O–H groups in total. The van der Waals surface area contributed by atoms with Gasteiger partial charge in [-0.3, -0.25) is 0 Å². The van der Waals surface area contributed by atoms with Crippen LogP contribution in [0.2, 0.25) is 0 Å². The van der Waals surface area contributed by atoms with E-state index in [2.05, 4.69) is 5.32 Å². The van der Waals surface area contributed by atoms with Crippen LogP contribution in [-0.2, 0) is 0 Å². The van der Waals surface area contributed by atoms with E-state index in [1.165, 1.54) is 25.3 Å². The first-order chi connectivity index (χ1) is 10.1. The van der Waals surface area contributed by atoms with Gasteiger partial charge >= 0.3 is 0 Å². The Bertz CT molecular complexity index is 631. The van der Waals surface area contributed by atoms with Gasteiger partial charge in [-0.2, -0.15) is 0 Å². The maximum atomic E-state index is 14.0. The summed E-state index contributed by atoms with van der Waals surface area (Å²) >= 11 is 0. The van der Waals surface area contributed by atoms with Crippen molar-refractivity contribution in [1.82, 2.24) is 5.32 Å². The molecule has 0 aliphatic heterocycles. The van der Waals surface area contributed by atoms with Gasteiger partial charge in [0.05, 0.1) is 13.2 Å². The quantitative estimate of drug-likeness (QED) is 0.905. The van der Waals surface area contributed by atoms with Crippen molar-refractivity contribution in [2.75, 3.05) is 13.7 Å². The molecule has 0 fully saturated rings. The summed E-state index contributed by atoms with van der Waals surface area (Å²) in [5.74, 6) is -1.17. The average Bonchev–Trinajstić information content (AvgIpc) is 2.47. The first-order valence-electron chi connectivity index (χ1n) is 6.58. The van der Waals surface area contributed by atoms with Crippen LogP contribution in [0.4, 0.5) is 13.2 Å². The second-order valence-corrected chi connectivity index (χ2v) is 4.54. The second-order valence-electron chi connectivity index (χ2n) is 4.54. The summed E-state index contributed by atoms with van der Waals surface area (Å²) in [6.07, 6.45) is 0. The van der Waals surface area contributed by atoms with E-state index in [-0.39, 0.29) is 5.56 Å². The van der Waals surface area contributed by atoms with Gasteiger partial charge in [0.25, 0.3) is 0 Å². The molecule has 0 heterocycles. The lowest BCUT2D eigenvalue weighted by molar-refractivity contribution is 0.401. The Morgan fingerprint density at radius 3 is 2.24 bits per heavy atom. The molecule has 2 rings (SSSR count). The molecule has 0 aromatic heterocycles. The zero-order chi connectivity index (χ0) is 15.4. The lowest BCUT2D eigenvalue weighted by Gasteiger charge is -2.22. The number of ether oxygens (including phenoxy) is 1. The van der Waals surface area contributed by atoms with Gasteiger partial charge in [-0.25, -0.2) is 13.2 Å². The maximum absolute atomic E-state index is 14.0. The minimum atomic E-state index is -0.698. The number of rotatable bonds is 5. The molecule has 0 radical (unpaired) electrons. The van der Waals surface area contributed by atoms with Gasteiger partial charge < -0.3 is 10.1 Å². The van der Waals surface area contributed by atoms with Gasteiger partial charge in [-0.1, -0.05) is 6.92 Å². The molecular weight excluding hydrogens is 279 g/mol. The Labute approximate surface area is 121 Å². The van der Waals surface area contributed by atoms with Crippen LogP contribution in [0.3, 0.4) is 0 Å². The van der Waals surface area contributed by atoms with Gasteiger partial charge in [0, 0.05) is 11.1 Å². The predicted octanol–water partition coefficient (Wildman–Crippen LogP) is 3.81. The molecular formula is C16H16F3NO. The number of nitrogens with one attached hydrogen (secondary N) is 1. The van der Waals surface area contributed by atoms with E-state index in [1.807, 2.05) is 6.92 Å². The fourth-order valence-electron chi connectivity index (χ4n) is 2.26. The molecule has 1 unspecified atom stereocenters. The fourth-order valence-corrected chi connectivity index (χ4v) is 2.26. The molecule has 0 saturated heterocycles. The van der Waals surface area contributed by atoms with Crippen LogP contribution in [0.15, 0.2) is 36.4 Å². The highest BCUT2D eigenvalue weighted by Gasteiger charge is 2.21. The molecule has 0 spiro atoms. The van der Waals surface area contributed by atoms with Gasteiger partial charge in [-0.15, -0.1) is 0 Å². The number of halogens is 3. The van der Waals surface area contributed by atoms with Crippen molar-refractivity contribution in [2.24, 2.45) is 0 Å². The average molecular weight is 295 g/mol. The lowest BCUT2D eigenvalue weighted by Crippen LogP contribution is -2.24. The van der Waals surface area contributed by atoms with Gasteiger partial charge in [-0.05, 0) is 42.9 Å². The maximum Gasteiger partial charge on any atom is 0.128 e. The molecule has 0 bridgehead atoms. The number of methoxy groups -OCH3 is 1. The summed E-state index contributed by atoms with van der Waals surface area (Å²) in [6.45, 7) is 2.33. The molecule has 0 amide bonds. The Balaban J connectivity index is 2.58. The zero-order valence-corrected chi connectivity index (χ0v) is 11.8. The first kappa shape index (κ1) is 15.4. The Kier molecular flexibility index (Phi) is 4.85. The molecule has 0 saturated carbocycles. The lowest BCUT2D eigenvalue weighted by atomic mass is 9.97. The van der Waals surface area contributed by atoms with Crippen LogP contribution < -0.4 is 10.1 Å². The van der Waals surface area contributed by atoms with Crippen LogP contribution in [0.25, 0.3) is 0 Å². The highest BCUT2D eigenvalue weighted by atomic mass is 19.1. The van der Waals surface area contributed by atoms with E-state index >= 15 is 0 Å². The monoisotopic (exact) mass is 295 g/mol. The SMILES string of the molecule is CCNC(c1cc(F)ccc1F)c1cc(F)ccc1OC. The molecule has 5 heteroatoms. The molecule has 1 atom stereocenters. The highest BCUT2D eigenvalue weighted by molar-refractivity contribution is 5.42. The third kappa shape index (κ3) is 3.36. The molecule has 2 aromatic rings. The number of benzene rings is 2. The molecule has 2 nitrogen and oxygen atoms in total. The second kappa shape index (κ2) is 6.63. The summed E-state index contributed by atoms with van der Waals surface area (Å²) < 4.78 is 46.2. The smallest absolute Gasteiger partial charge is 0.128 e. The van der Waals surface area contributed by atoms with Gasteiger partial charge in [0.1, 0.15) is 23.2 Å². The van der Waals surface area contributed by atoms with E-state index in [9.17, 15) is 13.2 Å². The van der Waals surface area contributed by atoms with Crippen molar-refractivity contribution in [3.63, 3.8) is 0 Å². The van der Waals surface area contributed by atoms with E-state index in [4.69, 9.17) is 4.74 Å². The number of hydrogen-bond donors (Lipinski definition) is 1. The van der Waals surface area contributed by atoms with Crippen LogP contribution in [0, 0.1) is 17.5 Å². The molecule has 0 aliphatic rings. The van der Waals surface area contributed by atoms with E-state index in [1.54, 1.807) is 0 Å². The Hall–Kier alpha value is -2.01. The van der Waals surface area contributed by atoms with Crippen LogP contribution in [0.1, 0.15) is 24.1 Å². The Morgan fingerprint density at radius 1 is 1.00 bits per heavy atom. The summed E-state index contributed by atoms with van der Waals surface area (Å²) in [6, 6.07) is 6.49. The van der Waals surface area contributed by atoms with Crippen molar-refractivity contribution in [3.8, 4) is 5.75 Å². The van der Waals surface area contributed by atoms with Gasteiger partial charge in [0.2, 0.25) is 0 Å². The predicted molar refractivity (Wildman–Crippen MR) is 74.8 cm³/mol. The van der Waals surface area contributed by atoms with Crippen LogP contribution >= 0.6 is 0 Å². The van der Waals surface area contributed by atoms with Crippen LogP contribution in [0.5, 0.6) is 5.75 Å². The van der Waals surface area contributed by atoms with E-state index in [0.29, 0.717) is 17.9 Å². The molecule has 0 aliphatic carbocycles. The van der Waals surface area contributed by atoms with E-state index < -0.39 is 23.5 Å². The van der Waals surface area contributed by atoms with Crippen molar-refractivity contribution in [3.05, 3.63) is 65.0 Å². The minimum absolute atomic E-state index is 0.112. The highest BCUT2D eigenvalue weighted by Crippen LogP contribution is 2.32. The first-order valence-corrected chi connectivity index (χ1v) is 6.58. The summed E-state index contributed by atoms with van der Waals surface area (Å²) in [5.41, 5.74) is 0.532. The normalized spacial score (nSPS) is 12.2. The largest absolute Gasteiger partial charge is 0.496 e. The summed E-state index contributed by atoms with van der Waals surface area (Å²) in [5, 5.41) is 3.03. The van der Waals surface area contributed by atoms with Crippen LogP contribution in [-0.4, -0.2) is 13.7 Å². The van der Waals surface area contributed by atoms with Crippen molar-refractivity contribution < 1.29 is 17.9 Å². The van der Waals surface area contributed by atoms with Crippen molar-refractivity contribution >= 4 is 0 Å². The number of hydrogen-bond acceptors (Lipinski definition) is 2. The Morgan fingerprint density at radius 2 is 1.62 bits per heavy atom. The fraction of sp³-hybridized carbons (Fsp3) is 0.250. The van der Waals surface area contributed by atoms with Gasteiger partial charge in [0.15, 0.2) is 0 Å². The van der Waals surface area contributed by atoms with E-state index in [0.717, 1.165) is 18.2 Å². The summed E-state index contributed by atoms with van der Waals surface area (Å²) in [7, 11) is 1.45.